The van der Waals surface area contributed by atoms with Crippen LogP contribution in [-0.2, 0) is 28.9 Å². The molecule has 2 aromatic carbocycles. The first-order chi connectivity index (χ1) is 12.4. The topological polar surface area (TPSA) is 98.7 Å². The smallest absolute Gasteiger partial charge is 0.253 e. The average molecular weight is 352 g/mol. The van der Waals surface area contributed by atoms with E-state index in [4.69, 9.17) is 0 Å². The van der Waals surface area contributed by atoms with Gasteiger partial charge in [-0.15, -0.1) is 0 Å². The number of aliphatic hydroxyl groups excluding tert-OH is 2. The molecule has 26 heavy (non-hydrogen) atoms. The molecule has 2 aliphatic heterocycles. The molecule has 4 N–H and O–H groups in total. The Balaban J connectivity index is 1.74. The fourth-order valence-corrected chi connectivity index (χ4v) is 3.72. The van der Waals surface area contributed by atoms with Crippen molar-refractivity contribution in [2.75, 3.05) is 10.6 Å². The minimum Gasteiger partial charge on any atom is -0.383 e. The molecule has 6 heteroatoms. The first-order valence-corrected chi connectivity index (χ1v) is 8.64. The first-order valence-electron chi connectivity index (χ1n) is 8.64. The van der Waals surface area contributed by atoms with Crippen LogP contribution in [0.25, 0.3) is 0 Å². The van der Waals surface area contributed by atoms with Gasteiger partial charge in [0.2, 0.25) is 0 Å². The van der Waals surface area contributed by atoms with Gasteiger partial charge < -0.3 is 20.8 Å². The zero-order chi connectivity index (χ0) is 18.4. The molecular weight excluding hydrogens is 332 g/mol. The van der Waals surface area contributed by atoms with Gasteiger partial charge in [-0.2, -0.15) is 0 Å². The van der Waals surface area contributed by atoms with Gasteiger partial charge in [0, 0.05) is 24.2 Å². The molecule has 4 rings (SSSR count). The molecule has 0 saturated carbocycles. The molecule has 0 fully saturated rings. The lowest BCUT2D eigenvalue weighted by molar-refractivity contribution is -0.125. The van der Waals surface area contributed by atoms with Crippen molar-refractivity contribution in [3.63, 3.8) is 0 Å². The second-order valence-corrected chi connectivity index (χ2v) is 6.93. The van der Waals surface area contributed by atoms with Crippen molar-refractivity contribution >= 4 is 23.2 Å². The predicted octanol–water partition coefficient (Wildman–Crippen LogP) is 1.30. The van der Waals surface area contributed by atoms with Gasteiger partial charge >= 0.3 is 0 Å². The Morgan fingerprint density at radius 1 is 0.923 bits per heavy atom. The van der Waals surface area contributed by atoms with Gasteiger partial charge in [0.05, 0.1) is 0 Å². The zero-order valence-corrected chi connectivity index (χ0v) is 14.4. The van der Waals surface area contributed by atoms with Crippen LogP contribution in [0.1, 0.15) is 27.8 Å². The lowest BCUT2D eigenvalue weighted by Gasteiger charge is -2.27. The monoisotopic (exact) mass is 352 g/mol. The van der Waals surface area contributed by atoms with Crippen molar-refractivity contribution in [1.82, 2.24) is 0 Å². The molecule has 134 valence electrons. The number of hydrogen-bond donors (Lipinski definition) is 4. The predicted molar refractivity (Wildman–Crippen MR) is 97.1 cm³/mol. The van der Waals surface area contributed by atoms with Crippen LogP contribution in [-0.4, -0.2) is 34.2 Å². The van der Waals surface area contributed by atoms with Gasteiger partial charge in [0.15, 0.2) is 0 Å². The van der Waals surface area contributed by atoms with Gasteiger partial charge in [-0.05, 0) is 47.2 Å². The largest absolute Gasteiger partial charge is 0.383 e. The van der Waals surface area contributed by atoms with Crippen molar-refractivity contribution in [1.29, 1.82) is 0 Å². The van der Waals surface area contributed by atoms with Crippen LogP contribution in [0.4, 0.5) is 11.4 Å². The average Bonchev–Trinajstić information content (AvgIpc) is 2.61. The zero-order valence-electron chi connectivity index (χ0n) is 14.4. The van der Waals surface area contributed by atoms with E-state index in [0.717, 1.165) is 39.2 Å². The normalized spacial score (nSPS) is 21.5. The molecule has 2 atom stereocenters. The van der Waals surface area contributed by atoms with E-state index in [1.807, 2.05) is 37.3 Å². The Labute approximate surface area is 150 Å². The Morgan fingerprint density at radius 3 is 2.38 bits per heavy atom. The molecule has 0 unspecified atom stereocenters. The highest BCUT2D eigenvalue weighted by Crippen LogP contribution is 2.33. The van der Waals surface area contributed by atoms with Crippen molar-refractivity contribution in [2.45, 2.75) is 38.4 Å². The summed E-state index contributed by atoms with van der Waals surface area (Å²) < 4.78 is 0. The molecule has 6 nitrogen and oxygen atoms in total. The van der Waals surface area contributed by atoms with E-state index in [1.165, 1.54) is 0 Å². The van der Waals surface area contributed by atoms with E-state index in [0.29, 0.717) is 12.8 Å². The summed E-state index contributed by atoms with van der Waals surface area (Å²) in [4.78, 5) is 23.6. The van der Waals surface area contributed by atoms with Gasteiger partial charge in [0.1, 0.15) is 12.2 Å². The molecule has 0 aliphatic carbocycles. The Bertz CT molecular complexity index is 922. The SMILES string of the molecule is Cc1ccc(Cc2cccc3c2C[C@@H](O)C(=O)N3)c2c1C[C@@H](O)C(=O)N2. The summed E-state index contributed by atoms with van der Waals surface area (Å²) in [5, 5.41) is 25.3. The van der Waals surface area contributed by atoms with E-state index < -0.39 is 12.2 Å². The third-order valence-electron chi connectivity index (χ3n) is 5.19. The number of aryl methyl sites for hydroxylation is 1. The highest BCUT2D eigenvalue weighted by molar-refractivity contribution is 5.99. The number of anilines is 2. The third kappa shape index (κ3) is 2.77. The molecule has 0 saturated heterocycles. The number of aliphatic hydroxyl groups is 2. The van der Waals surface area contributed by atoms with Crippen molar-refractivity contribution in [2.24, 2.45) is 0 Å². The molecule has 2 amide bonds. The summed E-state index contributed by atoms with van der Waals surface area (Å²) in [6.07, 6.45) is -0.930. The van der Waals surface area contributed by atoms with E-state index in [1.54, 1.807) is 0 Å². The van der Waals surface area contributed by atoms with Crippen LogP contribution in [0.15, 0.2) is 30.3 Å². The number of benzene rings is 2. The van der Waals surface area contributed by atoms with Crippen LogP contribution in [0, 0.1) is 6.92 Å². The Kier molecular flexibility index (Phi) is 4.01. The van der Waals surface area contributed by atoms with Gasteiger partial charge in [-0.3, -0.25) is 9.59 Å². The van der Waals surface area contributed by atoms with E-state index in [2.05, 4.69) is 10.6 Å². The fraction of sp³-hybridized carbons (Fsp3) is 0.300. The molecule has 2 aliphatic rings. The lowest BCUT2D eigenvalue weighted by atomic mass is 9.88. The first kappa shape index (κ1) is 16.8. The minimum atomic E-state index is -1.05. The molecule has 0 aromatic heterocycles. The van der Waals surface area contributed by atoms with Crippen molar-refractivity contribution in [3.05, 3.63) is 58.1 Å². The number of carbonyl (C=O) groups excluding carboxylic acids is 2. The van der Waals surface area contributed by atoms with E-state index in [-0.39, 0.29) is 18.2 Å². The molecular formula is C20H20N2O4. The Morgan fingerprint density at radius 2 is 1.62 bits per heavy atom. The number of fused-ring (bicyclic) bond motifs is 2. The van der Waals surface area contributed by atoms with E-state index in [9.17, 15) is 19.8 Å². The second kappa shape index (κ2) is 6.23. The highest BCUT2D eigenvalue weighted by Gasteiger charge is 2.29. The van der Waals surface area contributed by atoms with Crippen LogP contribution in [0.2, 0.25) is 0 Å². The molecule has 2 heterocycles. The minimum absolute atomic E-state index is 0.274. The number of carbonyl (C=O) groups is 2. The van der Waals surface area contributed by atoms with Gasteiger partial charge in [0.25, 0.3) is 11.8 Å². The standard InChI is InChI=1S/C20H20N2O4/c1-10-5-6-12(18-13(10)8-16(23)20(26)22-18)7-11-3-2-4-15-14(11)9-17(24)19(25)21-15/h2-6,16-17,23-24H,7-9H2,1H3,(H,21,25)(H,22,26)/t16-,17-/m1/s1. The highest BCUT2D eigenvalue weighted by atomic mass is 16.3. The summed E-state index contributed by atoms with van der Waals surface area (Å²) in [7, 11) is 0. The maximum atomic E-state index is 11.9. The summed E-state index contributed by atoms with van der Waals surface area (Å²) in [6.45, 7) is 1.96. The second-order valence-electron chi connectivity index (χ2n) is 6.93. The molecule has 0 radical (unpaired) electrons. The van der Waals surface area contributed by atoms with Crippen molar-refractivity contribution in [3.8, 4) is 0 Å². The quantitative estimate of drug-likeness (QED) is 0.655. The summed E-state index contributed by atoms with van der Waals surface area (Å²) in [6, 6.07) is 9.63. The molecule has 2 aromatic rings. The maximum absolute atomic E-state index is 11.9. The van der Waals surface area contributed by atoms with Gasteiger partial charge in [-0.1, -0.05) is 24.3 Å². The van der Waals surface area contributed by atoms with Crippen LogP contribution in [0.3, 0.4) is 0 Å². The maximum Gasteiger partial charge on any atom is 0.253 e. The van der Waals surface area contributed by atoms with Gasteiger partial charge in [-0.25, -0.2) is 0 Å². The summed E-state index contributed by atoms with van der Waals surface area (Å²) in [5.74, 6) is -0.772. The summed E-state index contributed by atoms with van der Waals surface area (Å²) >= 11 is 0. The number of rotatable bonds is 2. The van der Waals surface area contributed by atoms with Crippen LogP contribution in [0.5, 0.6) is 0 Å². The number of amides is 2. The third-order valence-corrected chi connectivity index (χ3v) is 5.19. The lowest BCUT2D eigenvalue weighted by Crippen LogP contribution is -2.35. The molecule has 0 bridgehead atoms. The van der Waals surface area contributed by atoms with E-state index >= 15 is 0 Å². The summed E-state index contributed by atoms with van der Waals surface area (Å²) in [5.41, 5.74) is 6.32. The Hall–Kier alpha value is -2.70. The number of hydrogen-bond acceptors (Lipinski definition) is 4. The number of nitrogens with one attached hydrogen (secondary N) is 2. The molecule has 0 spiro atoms. The fourth-order valence-electron chi connectivity index (χ4n) is 3.72. The van der Waals surface area contributed by atoms with Crippen LogP contribution < -0.4 is 10.6 Å². The van der Waals surface area contributed by atoms with Crippen molar-refractivity contribution < 1.29 is 19.8 Å². The van der Waals surface area contributed by atoms with Crippen LogP contribution >= 0.6 is 0 Å².